The molecular weight excluding hydrogens is 477 g/mol. The molecule has 0 bridgehead atoms. The van der Waals surface area contributed by atoms with Gasteiger partial charge in [-0.15, -0.1) is 13.2 Å². The minimum atomic E-state index is -4.82. The Kier molecular flexibility index (Phi) is 6.90. The van der Waals surface area contributed by atoms with Crippen LogP contribution in [0.25, 0.3) is 0 Å². The van der Waals surface area contributed by atoms with Gasteiger partial charge in [0.25, 0.3) is 6.47 Å². The lowest BCUT2D eigenvalue weighted by molar-refractivity contribution is -0.274. The summed E-state index contributed by atoms with van der Waals surface area (Å²) < 4.78 is 52.2. The summed E-state index contributed by atoms with van der Waals surface area (Å²) in [5.41, 5.74) is 1.52. The Bertz CT molecular complexity index is 1040. The molecule has 34 heavy (non-hydrogen) atoms. The van der Waals surface area contributed by atoms with Crippen LogP contribution < -0.4 is 9.64 Å². The first kappa shape index (κ1) is 24.2. The van der Waals surface area contributed by atoms with Crippen LogP contribution in [0.5, 0.6) is 5.75 Å². The number of benzene rings is 2. The van der Waals surface area contributed by atoms with Gasteiger partial charge in [-0.2, -0.15) is 0 Å². The van der Waals surface area contributed by atoms with Gasteiger partial charge >= 0.3 is 12.5 Å². The minimum Gasteiger partial charge on any atom is -0.463 e. The third-order valence-corrected chi connectivity index (χ3v) is 6.24. The van der Waals surface area contributed by atoms with Crippen molar-refractivity contribution in [2.75, 3.05) is 24.5 Å². The smallest absolute Gasteiger partial charge is 0.463 e. The molecule has 4 rings (SSSR count). The van der Waals surface area contributed by atoms with Crippen molar-refractivity contribution in [2.24, 2.45) is 0 Å². The number of rotatable bonds is 7. The Hall–Kier alpha value is -2.98. The normalized spacial score (nSPS) is 18.1. The van der Waals surface area contributed by atoms with Gasteiger partial charge in [0.15, 0.2) is 0 Å². The number of alkyl halides is 3. The lowest BCUT2D eigenvalue weighted by Gasteiger charge is -2.37. The summed E-state index contributed by atoms with van der Waals surface area (Å²) in [5, 5.41) is -0.110. The lowest BCUT2D eigenvalue weighted by atomic mass is 9.91. The number of anilines is 1. The summed E-state index contributed by atoms with van der Waals surface area (Å²) in [6, 6.07) is 11.5. The van der Waals surface area contributed by atoms with Crippen LogP contribution in [0.1, 0.15) is 24.0 Å². The highest BCUT2D eigenvalue weighted by atomic mass is 35.5. The molecule has 2 aromatic rings. The monoisotopic (exact) mass is 498 g/mol. The molecule has 7 nitrogen and oxygen atoms in total. The first-order valence-corrected chi connectivity index (χ1v) is 11.0. The van der Waals surface area contributed by atoms with E-state index in [2.05, 4.69) is 9.64 Å². The molecule has 0 N–H and O–H groups in total. The molecule has 2 heterocycles. The highest BCUT2D eigenvalue weighted by Gasteiger charge is 2.47. The summed E-state index contributed by atoms with van der Waals surface area (Å²) in [6.07, 6.45) is -4.04. The Morgan fingerprint density at radius 2 is 1.76 bits per heavy atom. The third-order valence-electron chi connectivity index (χ3n) is 5.93. The average Bonchev–Trinajstić information content (AvgIpc) is 3.11. The number of likely N-dealkylation sites (tertiary alicyclic amines) is 1. The van der Waals surface area contributed by atoms with E-state index in [1.54, 1.807) is 35.2 Å². The van der Waals surface area contributed by atoms with E-state index >= 15 is 0 Å². The first-order valence-electron chi connectivity index (χ1n) is 10.6. The van der Waals surface area contributed by atoms with Crippen LogP contribution in [0.4, 0.5) is 23.7 Å². The SMILES string of the molecule is O=COCc1ccc(N2CC3(CCN(Cc4ccc(Cl)c(OC(F)(F)F)c4)CC3)OC2=O)cc1. The fraction of sp³-hybridized carbons (Fsp3) is 0.391. The topological polar surface area (TPSA) is 68.3 Å². The summed E-state index contributed by atoms with van der Waals surface area (Å²) >= 11 is 5.82. The van der Waals surface area contributed by atoms with Gasteiger partial charge in [0, 0.05) is 38.2 Å². The summed E-state index contributed by atoms with van der Waals surface area (Å²) in [6.45, 7) is 2.59. The quantitative estimate of drug-likeness (QED) is 0.506. The van der Waals surface area contributed by atoms with E-state index in [4.69, 9.17) is 21.1 Å². The highest BCUT2D eigenvalue weighted by Crippen LogP contribution is 2.37. The molecule has 0 aromatic heterocycles. The molecule has 182 valence electrons. The molecule has 0 radical (unpaired) electrons. The molecule has 2 aliphatic heterocycles. The predicted octanol–water partition coefficient (Wildman–Crippen LogP) is 4.90. The van der Waals surface area contributed by atoms with Crippen LogP contribution in [-0.4, -0.2) is 49.1 Å². The van der Waals surface area contributed by atoms with Crippen molar-refractivity contribution in [3.05, 3.63) is 58.6 Å². The van der Waals surface area contributed by atoms with E-state index in [1.807, 2.05) is 0 Å². The molecular formula is C23H22ClF3N2O5. The van der Waals surface area contributed by atoms with Crippen LogP contribution in [0, 0.1) is 0 Å². The highest BCUT2D eigenvalue weighted by molar-refractivity contribution is 6.32. The maximum atomic E-state index is 12.6. The number of amides is 1. The van der Waals surface area contributed by atoms with E-state index in [0.29, 0.717) is 56.7 Å². The zero-order valence-electron chi connectivity index (χ0n) is 18.0. The Morgan fingerprint density at radius 1 is 1.09 bits per heavy atom. The number of halogens is 4. The van der Waals surface area contributed by atoms with Gasteiger partial charge in [0.2, 0.25) is 0 Å². The first-order chi connectivity index (χ1) is 16.2. The minimum absolute atomic E-state index is 0.110. The van der Waals surface area contributed by atoms with Crippen LogP contribution in [-0.2, 0) is 27.4 Å². The van der Waals surface area contributed by atoms with Crippen LogP contribution in [0.3, 0.4) is 0 Å². The summed E-state index contributed by atoms with van der Waals surface area (Å²) in [7, 11) is 0. The molecule has 0 unspecified atom stereocenters. The Labute approximate surface area is 198 Å². The predicted molar refractivity (Wildman–Crippen MR) is 116 cm³/mol. The molecule has 2 saturated heterocycles. The number of piperidine rings is 1. The van der Waals surface area contributed by atoms with E-state index in [9.17, 15) is 22.8 Å². The standard InChI is InChI=1S/C23H22ClF3N2O5/c24-19-6-3-17(11-20(19)33-23(25,26)27)12-28-9-7-22(8-10-28)14-29(21(31)34-22)18-4-1-16(2-5-18)13-32-15-30/h1-6,11,15H,7-10,12-14H2. The Balaban J connectivity index is 1.35. The van der Waals surface area contributed by atoms with E-state index < -0.39 is 23.8 Å². The summed E-state index contributed by atoms with van der Waals surface area (Å²) in [4.78, 5) is 26.6. The maximum absolute atomic E-state index is 12.6. The van der Waals surface area contributed by atoms with Crippen LogP contribution in [0.15, 0.2) is 42.5 Å². The van der Waals surface area contributed by atoms with Crippen molar-refractivity contribution in [1.29, 1.82) is 0 Å². The number of nitrogens with zero attached hydrogens (tertiary/aromatic N) is 2. The fourth-order valence-electron chi connectivity index (χ4n) is 4.21. The second kappa shape index (κ2) is 9.71. The number of hydrogen-bond donors (Lipinski definition) is 0. The second-order valence-corrected chi connectivity index (χ2v) is 8.71. The maximum Gasteiger partial charge on any atom is 0.573 e. The van der Waals surface area contributed by atoms with Gasteiger partial charge in [-0.05, 0) is 35.4 Å². The van der Waals surface area contributed by atoms with Gasteiger partial charge in [-0.3, -0.25) is 14.6 Å². The molecule has 2 fully saturated rings. The number of carbonyl (C=O) groups is 2. The molecule has 1 spiro atoms. The molecule has 2 aliphatic rings. The van der Waals surface area contributed by atoms with E-state index in [-0.39, 0.29) is 11.6 Å². The zero-order valence-corrected chi connectivity index (χ0v) is 18.8. The molecule has 2 aromatic carbocycles. The fourth-order valence-corrected chi connectivity index (χ4v) is 4.37. The number of hydrogen-bond acceptors (Lipinski definition) is 6. The van der Waals surface area contributed by atoms with Crippen molar-refractivity contribution < 1.29 is 37.0 Å². The largest absolute Gasteiger partial charge is 0.573 e. The van der Waals surface area contributed by atoms with E-state index in [1.165, 1.54) is 12.1 Å². The zero-order chi connectivity index (χ0) is 24.3. The Morgan fingerprint density at radius 3 is 2.41 bits per heavy atom. The molecule has 1 amide bonds. The third kappa shape index (κ3) is 5.74. The van der Waals surface area contributed by atoms with Crippen molar-refractivity contribution >= 4 is 29.9 Å². The van der Waals surface area contributed by atoms with Crippen molar-refractivity contribution in [3.8, 4) is 5.75 Å². The van der Waals surface area contributed by atoms with Crippen LogP contribution >= 0.6 is 11.6 Å². The average molecular weight is 499 g/mol. The van der Waals surface area contributed by atoms with Gasteiger partial charge < -0.3 is 14.2 Å². The van der Waals surface area contributed by atoms with Gasteiger partial charge in [0.1, 0.15) is 18.0 Å². The molecule has 11 heteroatoms. The number of ether oxygens (including phenoxy) is 3. The van der Waals surface area contributed by atoms with Crippen LogP contribution in [0.2, 0.25) is 5.02 Å². The number of carbonyl (C=O) groups excluding carboxylic acids is 2. The van der Waals surface area contributed by atoms with Gasteiger partial charge in [0.05, 0.1) is 11.6 Å². The van der Waals surface area contributed by atoms with E-state index in [0.717, 1.165) is 5.56 Å². The second-order valence-electron chi connectivity index (χ2n) is 8.30. The van der Waals surface area contributed by atoms with Crippen molar-refractivity contribution in [3.63, 3.8) is 0 Å². The van der Waals surface area contributed by atoms with Gasteiger partial charge in [-0.1, -0.05) is 29.8 Å². The lowest BCUT2D eigenvalue weighted by Crippen LogP contribution is -2.46. The van der Waals surface area contributed by atoms with Crippen molar-refractivity contribution in [1.82, 2.24) is 4.90 Å². The van der Waals surface area contributed by atoms with Crippen molar-refractivity contribution in [2.45, 2.75) is 38.0 Å². The summed E-state index contributed by atoms with van der Waals surface area (Å²) in [5.74, 6) is -0.427. The molecule has 0 saturated carbocycles. The molecule has 0 aliphatic carbocycles. The molecule has 0 atom stereocenters. The van der Waals surface area contributed by atoms with Gasteiger partial charge in [-0.25, -0.2) is 4.79 Å².